The molecule has 0 spiro atoms. The normalized spacial score (nSPS) is 42.8. The van der Waals surface area contributed by atoms with Gasteiger partial charge in [0.1, 0.15) is 6.10 Å². The van der Waals surface area contributed by atoms with E-state index < -0.39 is 0 Å². The highest BCUT2D eigenvalue weighted by Gasteiger charge is 2.45. The average Bonchev–Trinajstić information content (AvgIpc) is 2.09. The van der Waals surface area contributed by atoms with E-state index in [1.54, 1.807) is 0 Å². The summed E-state index contributed by atoms with van der Waals surface area (Å²) in [6, 6.07) is 0. The molecule has 44 valence electrons. The topological polar surface area (TPSA) is 26.3 Å². The lowest BCUT2D eigenvalue weighted by molar-refractivity contribution is -0.179. The van der Waals surface area contributed by atoms with Crippen molar-refractivity contribution in [3.8, 4) is 0 Å². The molecule has 0 aromatic rings. The van der Waals surface area contributed by atoms with E-state index in [9.17, 15) is 4.79 Å². The third-order valence-corrected chi connectivity index (χ3v) is 2.02. The highest BCUT2D eigenvalue weighted by atomic mass is 16.6. The molecule has 1 aliphatic carbocycles. The Morgan fingerprint density at radius 3 is 2.88 bits per heavy atom. The highest BCUT2D eigenvalue weighted by Crippen LogP contribution is 2.36. The lowest BCUT2D eigenvalue weighted by atomic mass is 10.0. The molecule has 2 fully saturated rings. The second kappa shape index (κ2) is 1.24. The zero-order valence-electron chi connectivity index (χ0n) is 4.59. The molecule has 0 amide bonds. The van der Waals surface area contributed by atoms with E-state index in [0.29, 0.717) is 12.0 Å². The molecule has 0 radical (unpaired) electrons. The van der Waals surface area contributed by atoms with Gasteiger partial charge in [0, 0.05) is 0 Å². The minimum Gasteiger partial charge on any atom is -0.461 e. The van der Waals surface area contributed by atoms with E-state index in [0.717, 1.165) is 12.8 Å². The summed E-state index contributed by atoms with van der Waals surface area (Å²) in [6.45, 7) is 0. The fourth-order valence-corrected chi connectivity index (χ4v) is 1.50. The van der Waals surface area contributed by atoms with Crippen molar-refractivity contribution in [2.24, 2.45) is 5.92 Å². The summed E-state index contributed by atoms with van der Waals surface area (Å²) in [4.78, 5) is 10.5. The molecule has 2 atom stereocenters. The van der Waals surface area contributed by atoms with Gasteiger partial charge in [-0.2, -0.15) is 0 Å². The average molecular weight is 112 g/mol. The molecule has 2 nitrogen and oxygen atoms in total. The summed E-state index contributed by atoms with van der Waals surface area (Å²) >= 11 is 0. The first kappa shape index (κ1) is 4.36. The molecule has 1 heterocycles. The number of fused-ring (bicyclic) bond motifs is 1. The van der Waals surface area contributed by atoms with Crippen LogP contribution in [-0.2, 0) is 9.53 Å². The van der Waals surface area contributed by atoms with Crippen molar-refractivity contribution in [1.82, 2.24) is 0 Å². The Morgan fingerprint density at radius 2 is 2.38 bits per heavy atom. The van der Waals surface area contributed by atoms with Gasteiger partial charge in [0.15, 0.2) is 0 Å². The van der Waals surface area contributed by atoms with Gasteiger partial charge in [-0.05, 0) is 19.3 Å². The molecule has 1 aliphatic heterocycles. The van der Waals surface area contributed by atoms with Crippen molar-refractivity contribution in [2.75, 3.05) is 0 Å². The van der Waals surface area contributed by atoms with Crippen molar-refractivity contribution >= 4 is 5.97 Å². The number of carbonyl (C=O) groups excluding carboxylic acids is 1. The van der Waals surface area contributed by atoms with Crippen LogP contribution in [0.15, 0.2) is 0 Å². The monoisotopic (exact) mass is 112 g/mol. The van der Waals surface area contributed by atoms with E-state index in [4.69, 9.17) is 4.74 Å². The SMILES string of the molecule is O=C1O[C@@H]2CCC[C@H]12. The lowest BCUT2D eigenvalue weighted by Crippen LogP contribution is -2.40. The van der Waals surface area contributed by atoms with Crippen LogP contribution in [0.2, 0.25) is 0 Å². The Morgan fingerprint density at radius 1 is 1.50 bits per heavy atom. The number of carbonyl (C=O) groups is 1. The molecule has 0 N–H and O–H groups in total. The molecule has 2 heteroatoms. The van der Waals surface area contributed by atoms with Crippen molar-refractivity contribution in [3.63, 3.8) is 0 Å². The fraction of sp³-hybridized carbons (Fsp3) is 0.833. The quantitative estimate of drug-likeness (QED) is 0.431. The predicted octanol–water partition coefficient (Wildman–Crippen LogP) is 0.712. The maximum atomic E-state index is 10.5. The summed E-state index contributed by atoms with van der Waals surface area (Å²) < 4.78 is 4.82. The maximum absolute atomic E-state index is 10.5. The van der Waals surface area contributed by atoms with Crippen LogP contribution in [0.3, 0.4) is 0 Å². The second-order valence-electron chi connectivity index (χ2n) is 2.51. The van der Waals surface area contributed by atoms with Crippen LogP contribution in [0.25, 0.3) is 0 Å². The van der Waals surface area contributed by atoms with Gasteiger partial charge < -0.3 is 4.74 Å². The first-order chi connectivity index (χ1) is 3.88. The fourth-order valence-electron chi connectivity index (χ4n) is 1.50. The molecular weight excluding hydrogens is 104 g/mol. The standard InChI is InChI=1S/C6H8O2/c7-6-4-2-1-3-5(4)8-6/h4-5H,1-3H2/t4-,5+/m0/s1. The summed E-state index contributed by atoms with van der Waals surface area (Å²) in [5.41, 5.74) is 0. The molecule has 0 aromatic carbocycles. The second-order valence-corrected chi connectivity index (χ2v) is 2.51. The smallest absolute Gasteiger partial charge is 0.313 e. The van der Waals surface area contributed by atoms with E-state index >= 15 is 0 Å². The van der Waals surface area contributed by atoms with Crippen LogP contribution in [0.5, 0.6) is 0 Å². The van der Waals surface area contributed by atoms with Crippen LogP contribution in [0.4, 0.5) is 0 Å². The van der Waals surface area contributed by atoms with E-state index in [1.165, 1.54) is 6.42 Å². The molecule has 0 unspecified atom stereocenters. The number of rotatable bonds is 0. The Kier molecular flexibility index (Phi) is 0.678. The molecule has 8 heavy (non-hydrogen) atoms. The zero-order chi connectivity index (χ0) is 5.56. The maximum Gasteiger partial charge on any atom is 0.313 e. The molecule has 1 saturated heterocycles. The Bertz CT molecular complexity index is 130. The first-order valence-corrected chi connectivity index (χ1v) is 3.08. The van der Waals surface area contributed by atoms with Crippen molar-refractivity contribution < 1.29 is 9.53 Å². The van der Waals surface area contributed by atoms with Gasteiger partial charge in [-0.25, -0.2) is 0 Å². The van der Waals surface area contributed by atoms with Gasteiger partial charge >= 0.3 is 5.97 Å². The summed E-state index contributed by atoms with van der Waals surface area (Å²) in [5, 5.41) is 0. The van der Waals surface area contributed by atoms with Crippen molar-refractivity contribution in [3.05, 3.63) is 0 Å². The minimum absolute atomic E-state index is 0.0347. The van der Waals surface area contributed by atoms with Crippen LogP contribution < -0.4 is 0 Å². The molecule has 2 aliphatic rings. The Labute approximate surface area is 47.8 Å². The molecule has 0 bridgehead atoms. The first-order valence-electron chi connectivity index (χ1n) is 3.08. The van der Waals surface area contributed by atoms with Crippen LogP contribution in [0, 0.1) is 5.92 Å². The molecule has 0 aromatic heterocycles. The number of hydrogen-bond donors (Lipinski definition) is 0. The van der Waals surface area contributed by atoms with Crippen molar-refractivity contribution in [1.29, 1.82) is 0 Å². The molecule has 1 saturated carbocycles. The Balaban J connectivity index is 2.11. The number of ether oxygens (including phenoxy) is 1. The van der Waals surface area contributed by atoms with E-state index in [1.807, 2.05) is 0 Å². The largest absolute Gasteiger partial charge is 0.461 e. The van der Waals surface area contributed by atoms with Gasteiger partial charge in [-0.1, -0.05) is 0 Å². The predicted molar refractivity (Wildman–Crippen MR) is 27.2 cm³/mol. The summed E-state index contributed by atoms with van der Waals surface area (Å²) in [7, 11) is 0. The van der Waals surface area contributed by atoms with E-state index in [-0.39, 0.29) is 5.97 Å². The van der Waals surface area contributed by atoms with Gasteiger partial charge in [-0.15, -0.1) is 0 Å². The van der Waals surface area contributed by atoms with Crippen LogP contribution >= 0.6 is 0 Å². The van der Waals surface area contributed by atoms with Gasteiger partial charge in [-0.3, -0.25) is 4.79 Å². The summed E-state index contributed by atoms with van der Waals surface area (Å²) in [5.74, 6) is 0.336. The van der Waals surface area contributed by atoms with Crippen LogP contribution in [0.1, 0.15) is 19.3 Å². The number of hydrogen-bond acceptors (Lipinski definition) is 2. The zero-order valence-corrected chi connectivity index (χ0v) is 4.59. The molecular formula is C6H8O2. The Hall–Kier alpha value is -0.530. The highest BCUT2D eigenvalue weighted by molar-refractivity contribution is 5.78. The minimum atomic E-state index is 0.0347. The third-order valence-electron chi connectivity index (χ3n) is 2.02. The van der Waals surface area contributed by atoms with E-state index in [2.05, 4.69) is 0 Å². The summed E-state index contributed by atoms with van der Waals surface area (Å²) in [6.07, 6.45) is 3.68. The van der Waals surface area contributed by atoms with Crippen molar-refractivity contribution in [2.45, 2.75) is 25.4 Å². The lowest BCUT2D eigenvalue weighted by Gasteiger charge is -2.28. The van der Waals surface area contributed by atoms with Gasteiger partial charge in [0.2, 0.25) is 0 Å². The van der Waals surface area contributed by atoms with Crippen LogP contribution in [-0.4, -0.2) is 12.1 Å². The third kappa shape index (κ3) is 0.358. The number of esters is 1. The van der Waals surface area contributed by atoms with Gasteiger partial charge in [0.25, 0.3) is 0 Å². The van der Waals surface area contributed by atoms with Gasteiger partial charge in [0.05, 0.1) is 5.92 Å². The molecule has 2 rings (SSSR count).